The van der Waals surface area contributed by atoms with E-state index in [4.69, 9.17) is 9.47 Å². The first-order valence-corrected chi connectivity index (χ1v) is 6.92. The number of anilines is 2. The van der Waals surface area contributed by atoms with E-state index in [1.54, 1.807) is 6.20 Å². The van der Waals surface area contributed by atoms with Crippen molar-refractivity contribution >= 4 is 11.4 Å². The molecule has 1 N–H and O–H groups in total. The van der Waals surface area contributed by atoms with Gasteiger partial charge in [-0.3, -0.25) is 4.98 Å². The van der Waals surface area contributed by atoms with Gasteiger partial charge in [0.1, 0.15) is 0 Å². The van der Waals surface area contributed by atoms with Gasteiger partial charge in [0.05, 0.1) is 17.6 Å². The molecule has 1 unspecified atom stereocenters. The molecule has 0 saturated heterocycles. The highest BCUT2D eigenvalue weighted by atomic mass is 16.7. The van der Waals surface area contributed by atoms with Crippen LogP contribution in [0.15, 0.2) is 36.7 Å². The fraction of sp³-hybridized carbons (Fsp3) is 0.312. The Bertz CT molecular complexity index is 643. The van der Waals surface area contributed by atoms with Crippen molar-refractivity contribution < 1.29 is 9.47 Å². The molecule has 1 aromatic heterocycles. The first-order chi connectivity index (χ1) is 10.1. The Labute approximate surface area is 124 Å². The summed E-state index contributed by atoms with van der Waals surface area (Å²) in [5, 5.41) is 3.50. The van der Waals surface area contributed by atoms with Crippen LogP contribution in [0.1, 0.15) is 18.5 Å². The third-order valence-electron chi connectivity index (χ3n) is 3.55. The van der Waals surface area contributed by atoms with Gasteiger partial charge in [-0.15, -0.1) is 0 Å². The molecule has 1 atom stereocenters. The summed E-state index contributed by atoms with van der Waals surface area (Å²) in [6, 6.07) is 8.16. The van der Waals surface area contributed by atoms with Crippen LogP contribution in [0.25, 0.3) is 0 Å². The molecule has 0 spiro atoms. The number of fused-ring (bicyclic) bond motifs is 1. The lowest BCUT2D eigenvalue weighted by molar-refractivity contribution is 0.174. The second-order valence-corrected chi connectivity index (χ2v) is 5.27. The Balaban J connectivity index is 1.82. The molecule has 3 rings (SSSR count). The van der Waals surface area contributed by atoms with Crippen LogP contribution in [-0.2, 0) is 0 Å². The Morgan fingerprint density at radius 3 is 2.81 bits per heavy atom. The van der Waals surface area contributed by atoms with Crippen molar-refractivity contribution in [3.05, 3.63) is 42.2 Å². The number of pyridine rings is 1. The fourth-order valence-corrected chi connectivity index (χ4v) is 2.39. The summed E-state index contributed by atoms with van der Waals surface area (Å²) in [6.07, 6.45) is 3.64. The van der Waals surface area contributed by atoms with E-state index in [0.29, 0.717) is 6.79 Å². The van der Waals surface area contributed by atoms with Gasteiger partial charge < -0.3 is 19.7 Å². The average Bonchev–Trinajstić information content (AvgIpc) is 2.94. The molecule has 0 amide bonds. The highest BCUT2D eigenvalue weighted by molar-refractivity contribution is 5.68. The van der Waals surface area contributed by atoms with Crippen LogP contribution < -0.4 is 19.7 Å². The van der Waals surface area contributed by atoms with Crippen LogP contribution in [0.4, 0.5) is 11.4 Å². The molecule has 0 aliphatic carbocycles. The predicted octanol–water partition coefficient (Wildman–Crippen LogP) is 3.05. The molecule has 21 heavy (non-hydrogen) atoms. The molecule has 1 aliphatic rings. The zero-order valence-electron chi connectivity index (χ0n) is 12.5. The summed E-state index contributed by atoms with van der Waals surface area (Å²) in [4.78, 5) is 6.26. The van der Waals surface area contributed by atoms with Crippen LogP contribution in [-0.4, -0.2) is 25.9 Å². The third kappa shape index (κ3) is 2.72. The third-order valence-corrected chi connectivity index (χ3v) is 3.55. The molecule has 5 heteroatoms. The molecule has 5 nitrogen and oxygen atoms in total. The number of hydrogen-bond acceptors (Lipinski definition) is 5. The highest BCUT2D eigenvalue weighted by Gasteiger charge is 2.16. The number of hydrogen-bond donors (Lipinski definition) is 1. The summed E-state index contributed by atoms with van der Waals surface area (Å²) in [5.41, 5.74) is 3.26. The van der Waals surface area contributed by atoms with E-state index >= 15 is 0 Å². The molecule has 0 bridgehead atoms. The number of benzene rings is 1. The SMILES string of the molecule is CC(Nc1cnccc1N(C)C)c1ccc2c(c1)OCO2. The molecule has 0 fully saturated rings. The van der Waals surface area contributed by atoms with E-state index in [0.717, 1.165) is 28.4 Å². The summed E-state index contributed by atoms with van der Waals surface area (Å²) < 4.78 is 10.8. The molecular formula is C16H19N3O2. The second kappa shape index (κ2) is 5.52. The van der Waals surface area contributed by atoms with Crippen molar-refractivity contribution in [2.45, 2.75) is 13.0 Å². The van der Waals surface area contributed by atoms with Gasteiger partial charge in [-0.2, -0.15) is 0 Å². The quantitative estimate of drug-likeness (QED) is 0.935. The highest BCUT2D eigenvalue weighted by Crippen LogP contribution is 2.35. The minimum atomic E-state index is 0.141. The first kappa shape index (κ1) is 13.5. The van der Waals surface area contributed by atoms with Crippen molar-refractivity contribution in [2.75, 3.05) is 31.1 Å². The van der Waals surface area contributed by atoms with Crippen molar-refractivity contribution in [3.8, 4) is 11.5 Å². The van der Waals surface area contributed by atoms with Gasteiger partial charge in [0.2, 0.25) is 6.79 Å². The van der Waals surface area contributed by atoms with Gasteiger partial charge in [-0.1, -0.05) is 6.07 Å². The number of nitrogens with one attached hydrogen (secondary N) is 1. The van der Waals surface area contributed by atoms with Gasteiger partial charge in [-0.05, 0) is 30.7 Å². The minimum absolute atomic E-state index is 0.141. The zero-order chi connectivity index (χ0) is 14.8. The van der Waals surface area contributed by atoms with E-state index in [1.165, 1.54) is 0 Å². The van der Waals surface area contributed by atoms with E-state index in [2.05, 4.69) is 28.2 Å². The van der Waals surface area contributed by atoms with E-state index in [1.807, 2.05) is 38.5 Å². The van der Waals surface area contributed by atoms with Gasteiger partial charge >= 0.3 is 0 Å². The predicted molar refractivity (Wildman–Crippen MR) is 83.2 cm³/mol. The maximum absolute atomic E-state index is 5.43. The Morgan fingerprint density at radius 1 is 1.19 bits per heavy atom. The van der Waals surface area contributed by atoms with Gasteiger partial charge in [-0.25, -0.2) is 0 Å². The Kier molecular flexibility index (Phi) is 3.56. The number of ether oxygens (including phenoxy) is 2. The summed E-state index contributed by atoms with van der Waals surface area (Å²) >= 11 is 0. The van der Waals surface area contributed by atoms with Crippen LogP contribution in [0.3, 0.4) is 0 Å². The maximum atomic E-state index is 5.43. The standard InChI is InChI=1S/C16H19N3O2/c1-11(12-4-5-15-16(8-12)21-10-20-15)18-13-9-17-7-6-14(13)19(2)3/h4-9,11,18H,10H2,1-3H3. The first-order valence-electron chi connectivity index (χ1n) is 6.92. The molecule has 2 aromatic rings. The Morgan fingerprint density at radius 2 is 2.00 bits per heavy atom. The molecule has 1 aromatic carbocycles. The van der Waals surface area contributed by atoms with Crippen LogP contribution in [0.2, 0.25) is 0 Å². The summed E-state index contributed by atoms with van der Waals surface area (Å²) in [6.45, 7) is 2.41. The molecular weight excluding hydrogens is 266 g/mol. The summed E-state index contributed by atoms with van der Waals surface area (Å²) in [5.74, 6) is 1.61. The van der Waals surface area contributed by atoms with Gasteiger partial charge in [0.15, 0.2) is 11.5 Å². The molecule has 0 radical (unpaired) electrons. The lowest BCUT2D eigenvalue weighted by Gasteiger charge is -2.21. The number of rotatable bonds is 4. The molecule has 2 heterocycles. The minimum Gasteiger partial charge on any atom is -0.454 e. The molecule has 110 valence electrons. The molecule has 0 saturated carbocycles. The maximum Gasteiger partial charge on any atom is 0.231 e. The normalized spacial score (nSPS) is 13.9. The van der Waals surface area contributed by atoms with Crippen molar-refractivity contribution in [3.63, 3.8) is 0 Å². The lowest BCUT2D eigenvalue weighted by atomic mass is 10.1. The molecule has 1 aliphatic heterocycles. The van der Waals surface area contributed by atoms with Crippen LogP contribution in [0, 0.1) is 0 Å². The van der Waals surface area contributed by atoms with Crippen LogP contribution in [0.5, 0.6) is 11.5 Å². The lowest BCUT2D eigenvalue weighted by Crippen LogP contribution is -2.14. The largest absolute Gasteiger partial charge is 0.454 e. The van der Waals surface area contributed by atoms with Crippen molar-refractivity contribution in [1.29, 1.82) is 0 Å². The number of aromatic nitrogens is 1. The zero-order valence-corrected chi connectivity index (χ0v) is 12.5. The van der Waals surface area contributed by atoms with Gasteiger partial charge in [0.25, 0.3) is 0 Å². The van der Waals surface area contributed by atoms with Crippen molar-refractivity contribution in [2.24, 2.45) is 0 Å². The van der Waals surface area contributed by atoms with E-state index in [9.17, 15) is 0 Å². The average molecular weight is 285 g/mol. The smallest absolute Gasteiger partial charge is 0.231 e. The van der Waals surface area contributed by atoms with Crippen molar-refractivity contribution in [1.82, 2.24) is 4.98 Å². The monoisotopic (exact) mass is 285 g/mol. The number of nitrogens with zero attached hydrogens (tertiary/aromatic N) is 2. The van der Waals surface area contributed by atoms with Crippen LogP contribution >= 0.6 is 0 Å². The second-order valence-electron chi connectivity index (χ2n) is 5.27. The Hall–Kier alpha value is -2.43. The van der Waals surface area contributed by atoms with E-state index in [-0.39, 0.29) is 6.04 Å². The fourth-order valence-electron chi connectivity index (χ4n) is 2.39. The van der Waals surface area contributed by atoms with E-state index < -0.39 is 0 Å². The topological polar surface area (TPSA) is 46.6 Å². The van der Waals surface area contributed by atoms with Gasteiger partial charge in [0, 0.05) is 26.3 Å². The summed E-state index contributed by atoms with van der Waals surface area (Å²) in [7, 11) is 4.04.